The number of azo groups is 1. The van der Waals surface area contributed by atoms with Gasteiger partial charge in [-0.25, -0.2) is 4.79 Å². The van der Waals surface area contributed by atoms with E-state index in [0.717, 1.165) is 0 Å². The van der Waals surface area contributed by atoms with E-state index in [0.29, 0.717) is 26.5 Å². The lowest BCUT2D eigenvalue weighted by atomic mass is 10.0. The predicted octanol–water partition coefficient (Wildman–Crippen LogP) is 5.97. The van der Waals surface area contributed by atoms with Crippen LogP contribution in [0.25, 0.3) is 10.8 Å². The molecule has 0 atom stereocenters. The van der Waals surface area contributed by atoms with E-state index in [-0.39, 0.29) is 11.3 Å². The second-order valence-corrected chi connectivity index (χ2v) is 5.79. The first-order valence-corrected chi connectivity index (χ1v) is 7.58. The SMILES string of the molecule is O=C(O)c1cc2ccccc2c(N=Nc2cc(Cl)ccc2Cl)c1O. The molecule has 0 fully saturated rings. The molecule has 0 bridgehead atoms. The number of halogens is 2. The smallest absolute Gasteiger partial charge is 0.339 e. The van der Waals surface area contributed by atoms with Gasteiger partial charge in [0.1, 0.15) is 16.9 Å². The topological polar surface area (TPSA) is 82.2 Å². The summed E-state index contributed by atoms with van der Waals surface area (Å²) < 4.78 is 0. The fourth-order valence-corrected chi connectivity index (χ4v) is 2.57. The van der Waals surface area contributed by atoms with Gasteiger partial charge >= 0.3 is 5.97 Å². The van der Waals surface area contributed by atoms with Crippen molar-refractivity contribution < 1.29 is 15.0 Å². The van der Waals surface area contributed by atoms with Crippen molar-refractivity contribution in [2.45, 2.75) is 0 Å². The van der Waals surface area contributed by atoms with Gasteiger partial charge in [-0.2, -0.15) is 0 Å². The van der Waals surface area contributed by atoms with E-state index in [2.05, 4.69) is 10.2 Å². The zero-order chi connectivity index (χ0) is 17.3. The van der Waals surface area contributed by atoms with Crippen LogP contribution in [-0.4, -0.2) is 16.2 Å². The Morgan fingerprint density at radius 3 is 2.50 bits per heavy atom. The molecule has 0 aliphatic rings. The number of rotatable bonds is 3. The third-order valence-corrected chi connectivity index (χ3v) is 3.95. The van der Waals surface area contributed by atoms with Crippen LogP contribution in [0.1, 0.15) is 10.4 Å². The largest absolute Gasteiger partial charge is 0.505 e. The molecule has 5 nitrogen and oxygen atoms in total. The molecular formula is C17H10Cl2N2O3. The van der Waals surface area contributed by atoms with Crippen molar-refractivity contribution in [3.63, 3.8) is 0 Å². The fourth-order valence-electron chi connectivity index (χ4n) is 2.25. The van der Waals surface area contributed by atoms with E-state index in [1.165, 1.54) is 12.1 Å². The second-order valence-electron chi connectivity index (χ2n) is 4.94. The van der Waals surface area contributed by atoms with Gasteiger partial charge in [-0.05, 0) is 29.7 Å². The van der Waals surface area contributed by atoms with Crippen LogP contribution in [-0.2, 0) is 0 Å². The number of carbonyl (C=O) groups is 1. The molecular weight excluding hydrogens is 351 g/mol. The van der Waals surface area contributed by atoms with Gasteiger partial charge in [-0.3, -0.25) is 0 Å². The molecule has 3 aromatic carbocycles. The number of nitrogens with zero attached hydrogens (tertiary/aromatic N) is 2. The summed E-state index contributed by atoms with van der Waals surface area (Å²) in [7, 11) is 0. The van der Waals surface area contributed by atoms with Crippen LogP contribution in [0.5, 0.6) is 5.75 Å². The normalized spacial score (nSPS) is 11.2. The third-order valence-electron chi connectivity index (χ3n) is 3.39. The van der Waals surface area contributed by atoms with Gasteiger partial charge in [0.05, 0.1) is 5.02 Å². The Morgan fingerprint density at radius 1 is 1.00 bits per heavy atom. The van der Waals surface area contributed by atoms with Crippen molar-refractivity contribution >= 4 is 51.3 Å². The summed E-state index contributed by atoms with van der Waals surface area (Å²) in [5, 5.41) is 29.5. The van der Waals surface area contributed by atoms with E-state index in [1.54, 1.807) is 36.4 Å². The number of fused-ring (bicyclic) bond motifs is 1. The van der Waals surface area contributed by atoms with E-state index in [4.69, 9.17) is 23.2 Å². The molecule has 0 aromatic heterocycles. The molecule has 0 aliphatic heterocycles. The lowest BCUT2D eigenvalue weighted by Gasteiger charge is -2.07. The minimum absolute atomic E-state index is 0.0570. The lowest BCUT2D eigenvalue weighted by Crippen LogP contribution is -1.97. The molecule has 0 amide bonds. The van der Waals surface area contributed by atoms with Crippen molar-refractivity contribution in [2.24, 2.45) is 10.2 Å². The molecule has 3 aromatic rings. The Morgan fingerprint density at radius 2 is 1.75 bits per heavy atom. The second kappa shape index (κ2) is 6.47. The summed E-state index contributed by atoms with van der Waals surface area (Å²) in [6.07, 6.45) is 0. The van der Waals surface area contributed by atoms with Crippen molar-refractivity contribution in [1.29, 1.82) is 0 Å². The zero-order valence-electron chi connectivity index (χ0n) is 12.1. The highest BCUT2D eigenvalue weighted by atomic mass is 35.5. The number of benzene rings is 3. The van der Waals surface area contributed by atoms with E-state index < -0.39 is 11.7 Å². The van der Waals surface area contributed by atoms with Crippen LogP contribution < -0.4 is 0 Å². The summed E-state index contributed by atoms with van der Waals surface area (Å²) in [6, 6.07) is 13.1. The summed E-state index contributed by atoms with van der Waals surface area (Å²) in [4.78, 5) is 11.3. The summed E-state index contributed by atoms with van der Waals surface area (Å²) >= 11 is 11.9. The standard InChI is InChI=1S/C17H10Cl2N2O3/c18-10-5-6-13(19)14(8-10)20-21-15-11-4-2-1-3-9(11)7-12(16(15)22)17(23)24/h1-8,22H,(H,23,24). The number of carboxylic acids is 1. The summed E-state index contributed by atoms with van der Waals surface area (Å²) in [5.74, 6) is -1.71. The maximum Gasteiger partial charge on any atom is 0.339 e. The van der Waals surface area contributed by atoms with Gasteiger partial charge < -0.3 is 10.2 Å². The number of hydrogen-bond acceptors (Lipinski definition) is 4. The van der Waals surface area contributed by atoms with Crippen LogP contribution in [0.3, 0.4) is 0 Å². The molecule has 120 valence electrons. The molecule has 3 rings (SSSR count). The van der Waals surface area contributed by atoms with Crippen molar-refractivity contribution in [1.82, 2.24) is 0 Å². The molecule has 0 unspecified atom stereocenters. The molecule has 2 N–H and O–H groups in total. The van der Waals surface area contributed by atoms with Gasteiger partial charge in [-0.15, -0.1) is 10.2 Å². The Labute approximate surface area is 146 Å². The first-order chi connectivity index (χ1) is 11.5. The first kappa shape index (κ1) is 16.2. The minimum Gasteiger partial charge on any atom is -0.505 e. The molecule has 0 radical (unpaired) electrons. The predicted molar refractivity (Wildman–Crippen MR) is 93.2 cm³/mol. The Balaban J connectivity index is 2.21. The van der Waals surface area contributed by atoms with E-state index >= 15 is 0 Å². The van der Waals surface area contributed by atoms with Crippen LogP contribution in [0.4, 0.5) is 11.4 Å². The van der Waals surface area contributed by atoms with Crippen LogP contribution in [0.15, 0.2) is 58.8 Å². The first-order valence-electron chi connectivity index (χ1n) is 6.82. The van der Waals surface area contributed by atoms with Crippen LogP contribution >= 0.6 is 23.2 Å². The average molecular weight is 361 g/mol. The van der Waals surface area contributed by atoms with Gasteiger partial charge in [0.2, 0.25) is 0 Å². The number of phenols is 1. The number of aromatic carboxylic acids is 1. The summed E-state index contributed by atoms with van der Waals surface area (Å²) in [6.45, 7) is 0. The molecule has 24 heavy (non-hydrogen) atoms. The number of aromatic hydroxyl groups is 1. The highest BCUT2D eigenvalue weighted by molar-refractivity contribution is 6.35. The Bertz CT molecular complexity index is 987. The molecule has 0 saturated carbocycles. The van der Waals surface area contributed by atoms with Crippen molar-refractivity contribution in [3.8, 4) is 5.75 Å². The van der Waals surface area contributed by atoms with E-state index in [9.17, 15) is 15.0 Å². The molecule has 7 heteroatoms. The minimum atomic E-state index is -1.25. The van der Waals surface area contributed by atoms with Gasteiger partial charge in [-0.1, -0.05) is 47.5 Å². The van der Waals surface area contributed by atoms with Gasteiger partial charge in [0.25, 0.3) is 0 Å². The van der Waals surface area contributed by atoms with Crippen molar-refractivity contribution in [2.75, 3.05) is 0 Å². The lowest BCUT2D eigenvalue weighted by molar-refractivity contribution is 0.0694. The number of hydrogen-bond donors (Lipinski definition) is 2. The average Bonchev–Trinajstić information content (AvgIpc) is 2.56. The highest BCUT2D eigenvalue weighted by Gasteiger charge is 2.17. The fraction of sp³-hybridized carbons (Fsp3) is 0. The van der Waals surface area contributed by atoms with Crippen LogP contribution in [0, 0.1) is 0 Å². The van der Waals surface area contributed by atoms with Crippen molar-refractivity contribution in [3.05, 3.63) is 64.1 Å². The molecule has 0 aliphatic carbocycles. The summed E-state index contributed by atoms with van der Waals surface area (Å²) in [5.41, 5.74) is 0.120. The van der Waals surface area contributed by atoms with E-state index in [1.807, 2.05) is 0 Å². The highest BCUT2D eigenvalue weighted by Crippen LogP contribution is 2.40. The molecule has 0 spiro atoms. The molecule has 0 saturated heterocycles. The maximum atomic E-state index is 11.3. The van der Waals surface area contributed by atoms with Gasteiger partial charge in [0, 0.05) is 10.4 Å². The Kier molecular flexibility index (Phi) is 4.38. The Hall–Kier alpha value is -2.63. The maximum absolute atomic E-state index is 11.3. The third kappa shape index (κ3) is 3.04. The molecule has 0 heterocycles. The van der Waals surface area contributed by atoms with Crippen LogP contribution in [0.2, 0.25) is 10.0 Å². The number of carboxylic acid groups (broad SMARTS) is 1. The monoisotopic (exact) mass is 360 g/mol. The van der Waals surface area contributed by atoms with Gasteiger partial charge in [0.15, 0.2) is 5.75 Å². The zero-order valence-corrected chi connectivity index (χ0v) is 13.6. The quantitative estimate of drug-likeness (QED) is 0.564.